The fourth-order valence-corrected chi connectivity index (χ4v) is 6.69. The van der Waals surface area contributed by atoms with Crippen LogP contribution < -0.4 is 0 Å². The number of hydrogen-bond acceptors (Lipinski definition) is 2. The van der Waals surface area contributed by atoms with Crippen LogP contribution in [0.5, 0.6) is 0 Å². The van der Waals surface area contributed by atoms with Crippen LogP contribution in [0, 0.1) is 28.6 Å². The molecular formula is C20H29FO2. The third kappa shape index (κ3) is 1.71. The Balaban J connectivity index is 1.82. The number of allylic oxidation sites excluding steroid dienone is 4. The molecule has 0 spiro atoms. The van der Waals surface area contributed by atoms with Crippen molar-refractivity contribution >= 4 is 0 Å². The lowest BCUT2D eigenvalue weighted by Gasteiger charge is -2.61. The summed E-state index contributed by atoms with van der Waals surface area (Å²) in [5.41, 5.74) is -1.49. The third-order valence-corrected chi connectivity index (χ3v) is 7.97. The highest BCUT2D eigenvalue weighted by Gasteiger charge is 2.70. The van der Waals surface area contributed by atoms with Gasteiger partial charge in [0.25, 0.3) is 0 Å². The van der Waals surface area contributed by atoms with E-state index in [1.807, 2.05) is 19.1 Å². The van der Waals surface area contributed by atoms with Crippen molar-refractivity contribution in [3.8, 4) is 0 Å². The maximum atomic E-state index is 16.6. The van der Waals surface area contributed by atoms with Gasteiger partial charge in [0.05, 0.1) is 12.2 Å². The molecule has 3 heteroatoms. The van der Waals surface area contributed by atoms with Gasteiger partial charge < -0.3 is 10.2 Å². The van der Waals surface area contributed by atoms with E-state index in [9.17, 15) is 10.2 Å². The SMILES string of the molecule is C[C@H]1C[C@H]2[C@@H]3CCC4=CCC=C[C@]4(C)[C@@]3(F)[C@@H](O)C[C@]2(C)[C@@H]1O. The van der Waals surface area contributed by atoms with Gasteiger partial charge in [-0.1, -0.05) is 37.6 Å². The number of aliphatic hydroxyl groups excluding tert-OH is 2. The monoisotopic (exact) mass is 320 g/mol. The Morgan fingerprint density at radius 3 is 2.70 bits per heavy atom. The van der Waals surface area contributed by atoms with E-state index in [1.54, 1.807) is 0 Å². The first-order valence-corrected chi connectivity index (χ1v) is 9.17. The van der Waals surface area contributed by atoms with Gasteiger partial charge in [0, 0.05) is 11.3 Å². The number of rotatable bonds is 0. The van der Waals surface area contributed by atoms with Crippen molar-refractivity contribution in [3.63, 3.8) is 0 Å². The summed E-state index contributed by atoms with van der Waals surface area (Å²) in [6, 6.07) is 0. The van der Waals surface area contributed by atoms with Crippen LogP contribution in [-0.4, -0.2) is 28.1 Å². The van der Waals surface area contributed by atoms with Gasteiger partial charge in [-0.05, 0) is 56.3 Å². The summed E-state index contributed by atoms with van der Waals surface area (Å²) in [4.78, 5) is 0. The fourth-order valence-electron chi connectivity index (χ4n) is 6.69. The average Bonchev–Trinajstić information content (AvgIpc) is 2.72. The van der Waals surface area contributed by atoms with Crippen LogP contribution >= 0.6 is 0 Å². The highest BCUT2D eigenvalue weighted by molar-refractivity contribution is 5.37. The van der Waals surface area contributed by atoms with E-state index in [4.69, 9.17) is 0 Å². The summed E-state index contributed by atoms with van der Waals surface area (Å²) in [5.74, 6) is 0.182. The molecule has 23 heavy (non-hydrogen) atoms. The minimum absolute atomic E-state index is 0.162. The molecule has 4 rings (SSSR count). The Bertz CT molecular complexity index is 584. The van der Waals surface area contributed by atoms with Crippen LogP contribution in [0.1, 0.15) is 52.9 Å². The summed E-state index contributed by atoms with van der Waals surface area (Å²) in [7, 11) is 0. The predicted molar refractivity (Wildman–Crippen MR) is 88.5 cm³/mol. The van der Waals surface area contributed by atoms with Crippen molar-refractivity contribution < 1.29 is 14.6 Å². The van der Waals surface area contributed by atoms with Crippen LogP contribution in [0.25, 0.3) is 0 Å². The molecule has 4 aliphatic rings. The molecule has 0 bridgehead atoms. The number of halogens is 1. The lowest BCUT2D eigenvalue weighted by atomic mass is 9.46. The zero-order valence-corrected chi connectivity index (χ0v) is 14.4. The van der Waals surface area contributed by atoms with Crippen LogP contribution in [0.15, 0.2) is 23.8 Å². The highest BCUT2D eigenvalue weighted by atomic mass is 19.1. The molecule has 2 N–H and O–H groups in total. The van der Waals surface area contributed by atoms with Gasteiger partial charge in [-0.25, -0.2) is 4.39 Å². The summed E-state index contributed by atoms with van der Waals surface area (Å²) in [5, 5.41) is 21.6. The van der Waals surface area contributed by atoms with Crippen molar-refractivity contribution in [3.05, 3.63) is 23.8 Å². The van der Waals surface area contributed by atoms with Gasteiger partial charge in [-0.2, -0.15) is 0 Å². The highest BCUT2D eigenvalue weighted by Crippen LogP contribution is 2.68. The van der Waals surface area contributed by atoms with Gasteiger partial charge in [0.1, 0.15) is 0 Å². The van der Waals surface area contributed by atoms with Crippen molar-refractivity contribution in [1.29, 1.82) is 0 Å². The average molecular weight is 320 g/mol. The number of hydrogen-bond donors (Lipinski definition) is 2. The van der Waals surface area contributed by atoms with E-state index in [1.165, 1.54) is 0 Å². The first kappa shape index (κ1) is 15.8. The Labute approximate surface area is 138 Å². The Kier molecular flexibility index (Phi) is 3.23. The topological polar surface area (TPSA) is 40.5 Å². The number of aliphatic hydroxyl groups is 2. The second-order valence-electron chi connectivity index (χ2n) is 8.97. The van der Waals surface area contributed by atoms with Crippen molar-refractivity contribution in [2.45, 2.75) is 70.8 Å². The third-order valence-electron chi connectivity index (χ3n) is 7.97. The zero-order valence-electron chi connectivity index (χ0n) is 14.4. The molecule has 2 nitrogen and oxygen atoms in total. The van der Waals surface area contributed by atoms with E-state index in [0.29, 0.717) is 6.42 Å². The van der Waals surface area contributed by atoms with E-state index >= 15 is 4.39 Å². The van der Waals surface area contributed by atoms with Crippen LogP contribution in [0.3, 0.4) is 0 Å². The van der Waals surface area contributed by atoms with E-state index in [-0.39, 0.29) is 23.2 Å². The normalized spacial score (nSPS) is 58.2. The lowest BCUT2D eigenvalue weighted by Crippen LogP contribution is -2.66. The molecule has 0 aliphatic heterocycles. The Hall–Kier alpha value is -0.670. The maximum Gasteiger partial charge on any atom is 0.152 e. The standard InChI is InChI=1S/C20H29FO2/c1-12-10-15-14-8-7-13-6-4-5-9-19(13,3)20(14,21)16(22)11-18(15,2)17(12)23/h5-6,9,12,14-17,22-23H,4,7-8,10-11H2,1-3H3/t12-,14-,15-,16-,17+,18-,19-,20-/m0/s1. The molecule has 0 unspecified atom stereocenters. The van der Waals surface area contributed by atoms with Crippen molar-refractivity contribution in [1.82, 2.24) is 0 Å². The van der Waals surface area contributed by atoms with Crippen molar-refractivity contribution in [2.75, 3.05) is 0 Å². The Morgan fingerprint density at radius 2 is 1.96 bits per heavy atom. The molecule has 0 amide bonds. The molecule has 0 saturated heterocycles. The molecule has 0 heterocycles. The van der Waals surface area contributed by atoms with E-state index in [2.05, 4.69) is 19.9 Å². The maximum absolute atomic E-state index is 16.6. The molecule has 4 aliphatic carbocycles. The second-order valence-corrected chi connectivity index (χ2v) is 8.97. The summed E-state index contributed by atoms with van der Waals surface area (Å²) >= 11 is 0. The molecule has 0 aromatic rings. The molecule has 8 atom stereocenters. The molecule has 3 fully saturated rings. The molecule has 128 valence electrons. The fraction of sp³-hybridized carbons (Fsp3) is 0.800. The van der Waals surface area contributed by atoms with Gasteiger partial charge >= 0.3 is 0 Å². The Morgan fingerprint density at radius 1 is 1.22 bits per heavy atom. The first-order chi connectivity index (χ1) is 10.7. The van der Waals surface area contributed by atoms with Gasteiger partial charge in [0.2, 0.25) is 0 Å². The summed E-state index contributed by atoms with van der Waals surface area (Å²) in [6.07, 6.45) is 8.59. The molecule has 0 radical (unpaired) electrons. The number of alkyl halides is 1. The molecule has 3 saturated carbocycles. The van der Waals surface area contributed by atoms with Crippen molar-refractivity contribution in [2.24, 2.45) is 28.6 Å². The summed E-state index contributed by atoms with van der Waals surface area (Å²) < 4.78 is 16.6. The van der Waals surface area contributed by atoms with Gasteiger partial charge in [-0.15, -0.1) is 0 Å². The smallest absolute Gasteiger partial charge is 0.152 e. The van der Waals surface area contributed by atoms with Crippen LogP contribution in [0.2, 0.25) is 0 Å². The van der Waals surface area contributed by atoms with Gasteiger partial charge in [-0.3, -0.25) is 0 Å². The molecular weight excluding hydrogens is 291 g/mol. The first-order valence-electron chi connectivity index (χ1n) is 9.17. The summed E-state index contributed by atoms with van der Waals surface area (Å²) in [6.45, 7) is 6.11. The van der Waals surface area contributed by atoms with Crippen LogP contribution in [-0.2, 0) is 0 Å². The molecule has 0 aromatic heterocycles. The van der Waals surface area contributed by atoms with Gasteiger partial charge in [0.15, 0.2) is 5.67 Å². The quantitative estimate of drug-likeness (QED) is 0.667. The predicted octanol–water partition coefficient (Wildman–Crippen LogP) is 3.79. The minimum atomic E-state index is -1.61. The number of fused-ring (bicyclic) bond motifs is 5. The van der Waals surface area contributed by atoms with E-state index < -0.39 is 23.3 Å². The largest absolute Gasteiger partial charge is 0.392 e. The van der Waals surface area contributed by atoms with E-state index in [0.717, 1.165) is 31.3 Å². The second kappa shape index (κ2) is 4.70. The lowest BCUT2D eigenvalue weighted by molar-refractivity contribution is -0.201. The zero-order chi connectivity index (χ0) is 16.6. The van der Waals surface area contributed by atoms with Crippen LogP contribution in [0.4, 0.5) is 4.39 Å². The molecule has 0 aromatic carbocycles. The minimum Gasteiger partial charge on any atom is -0.392 e.